The molecule has 1 aromatic carbocycles. The molecule has 0 N–H and O–H groups in total. The molecular formula is C18H12F6N3O5-. The summed E-state index contributed by atoms with van der Waals surface area (Å²) < 4.78 is 92.5. The fourth-order valence-electron chi connectivity index (χ4n) is 2.90. The van der Waals surface area contributed by atoms with E-state index in [2.05, 4.69) is 19.9 Å². The van der Waals surface area contributed by atoms with E-state index >= 15 is 0 Å². The molecule has 172 valence electrons. The summed E-state index contributed by atoms with van der Waals surface area (Å²) in [5, 5.41) is 18.1. The summed E-state index contributed by atoms with van der Waals surface area (Å²) >= 11 is 0. The lowest BCUT2D eigenvalue weighted by Gasteiger charge is -2.27. The first-order chi connectivity index (χ1) is 14.9. The Bertz CT molecular complexity index is 1060. The summed E-state index contributed by atoms with van der Waals surface area (Å²) in [6.07, 6.45) is -9.83. The fourth-order valence-corrected chi connectivity index (χ4v) is 2.90. The SMILES string of the molecule is COc1cc(OC(F)(F)F)ccc1Oc1cc(C2(C(F)(F)F)CCN=N2)ncc1C(=O)[O-]. The average molecular weight is 464 g/mol. The summed E-state index contributed by atoms with van der Waals surface area (Å²) in [6.45, 7) is -0.228. The van der Waals surface area contributed by atoms with Crippen LogP contribution >= 0.6 is 0 Å². The number of halogens is 6. The summed E-state index contributed by atoms with van der Waals surface area (Å²) in [6, 6.07) is 3.30. The second-order valence-corrected chi connectivity index (χ2v) is 6.39. The molecule has 0 fully saturated rings. The Balaban J connectivity index is 2.05. The molecule has 3 rings (SSSR count). The zero-order valence-electron chi connectivity index (χ0n) is 16.0. The van der Waals surface area contributed by atoms with Crippen LogP contribution in [0.25, 0.3) is 0 Å². The maximum atomic E-state index is 13.7. The van der Waals surface area contributed by atoms with E-state index < -0.39 is 53.2 Å². The molecule has 1 atom stereocenters. The first-order valence-corrected chi connectivity index (χ1v) is 8.65. The van der Waals surface area contributed by atoms with Crippen LogP contribution in [0.1, 0.15) is 22.5 Å². The number of hydrogen-bond donors (Lipinski definition) is 0. The molecule has 1 aliphatic rings. The molecule has 0 amide bonds. The third-order valence-corrected chi connectivity index (χ3v) is 4.38. The number of carbonyl (C=O) groups excluding carboxylic acids is 1. The molecule has 2 heterocycles. The minimum atomic E-state index is -4.99. The lowest BCUT2D eigenvalue weighted by atomic mass is 9.91. The van der Waals surface area contributed by atoms with Crippen molar-refractivity contribution in [3.63, 3.8) is 0 Å². The molecule has 0 radical (unpaired) electrons. The van der Waals surface area contributed by atoms with E-state index in [1.807, 2.05) is 0 Å². The van der Waals surface area contributed by atoms with Gasteiger partial charge in [-0.3, -0.25) is 4.98 Å². The van der Waals surface area contributed by atoms with Crippen LogP contribution in [0.3, 0.4) is 0 Å². The molecule has 2 aromatic rings. The van der Waals surface area contributed by atoms with Crippen LogP contribution in [0.2, 0.25) is 0 Å². The molecule has 14 heteroatoms. The Labute approximate surface area is 175 Å². The second-order valence-electron chi connectivity index (χ2n) is 6.39. The number of carboxylic acids is 1. The lowest BCUT2D eigenvalue weighted by molar-refractivity contribution is -0.274. The van der Waals surface area contributed by atoms with Crippen LogP contribution in [0.5, 0.6) is 23.0 Å². The highest BCUT2D eigenvalue weighted by atomic mass is 19.4. The summed E-state index contributed by atoms with van der Waals surface area (Å²) in [5.74, 6) is -3.73. The van der Waals surface area contributed by atoms with E-state index in [1.165, 1.54) is 0 Å². The average Bonchev–Trinajstić information content (AvgIpc) is 3.19. The maximum absolute atomic E-state index is 13.7. The molecule has 32 heavy (non-hydrogen) atoms. The molecule has 0 aliphatic carbocycles. The van der Waals surface area contributed by atoms with Gasteiger partial charge in [0.15, 0.2) is 11.5 Å². The van der Waals surface area contributed by atoms with Crippen LogP contribution in [0, 0.1) is 0 Å². The van der Waals surface area contributed by atoms with Gasteiger partial charge >= 0.3 is 12.5 Å². The van der Waals surface area contributed by atoms with Crippen molar-refractivity contribution in [3.8, 4) is 23.0 Å². The number of aromatic nitrogens is 1. The van der Waals surface area contributed by atoms with E-state index in [-0.39, 0.29) is 18.0 Å². The Morgan fingerprint density at radius 3 is 2.34 bits per heavy atom. The zero-order chi connectivity index (χ0) is 23.7. The molecule has 0 bridgehead atoms. The smallest absolute Gasteiger partial charge is 0.545 e. The van der Waals surface area contributed by atoms with Gasteiger partial charge in [-0.25, -0.2) is 0 Å². The summed E-state index contributed by atoms with van der Waals surface area (Å²) in [4.78, 5) is 15.0. The van der Waals surface area contributed by atoms with Crippen molar-refractivity contribution in [2.45, 2.75) is 24.5 Å². The first kappa shape index (κ1) is 23.1. The Kier molecular flexibility index (Phi) is 5.89. The standard InChI is InChI=1S/C18H13F6N3O5/c1-30-13-6-9(32-18(22,23)24)2-3-11(13)31-12-7-14(25-8-10(12)15(28)29)16(17(19,20)21)4-5-26-27-16/h2-3,6-8H,4-5H2,1H3,(H,28,29)/p-1. The number of alkyl halides is 6. The highest BCUT2D eigenvalue weighted by Gasteiger charge is 2.59. The number of nitrogens with zero attached hydrogens (tertiary/aromatic N) is 3. The third kappa shape index (κ3) is 4.53. The Morgan fingerprint density at radius 2 is 1.81 bits per heavy atom. The molecule has 0 saturated heterocycles. The van der Waals surface area contributed by atoms with Crippen LogP contribution in [0.15, 0.2) is 40.7 Å². The van der Waals surface area contributed by atoms with E-state index in [1.54, 1.807) is 0 Å². The molecule has 0 saturated carbocycles. The third-order valence-electron chi connectivity index (χ3n) is 4.38. The van der Waals surface area contributed by atoms with Crippen molar-refractivity contribution >= 4 is 5.97 Å². The highest BCUT2D eigenvalue weighted by Crippen LogP contribution is 2.48. The quantitative estimate of drug-likeness (QED) is 0.603. The minimum absolute atomic E-state index is 0.228. The largest absolute Gasteiger partial charge is 0.573 e. The Morgan fingerprint density at radius 1 is 1.09 bits per heavy atom. The van der Waals surface area contributed by atoms with Crippen LogP contribution in [-0.2, 0) is 5.54 Å². The van der Waals surface area contributed by atoms with Crippen molar-refractivity contribution in [3.05, 3.63) is 41.7 Å². The number of aromatic carboxylic acids is 1. The van der Waals surface area contributed by atoms with Crippen molar-refractivity contribution in [1.82, 2.24) is 4.98 Å². The predicted molar refractivity (Wildman–Crippen MR) is 90.4 cm³/mol. The second kappa shape index (κ2) is 8.16. The van der Waals surface area contributed by atoms with Gasteiger partial charge in [0.25, 0.3) is 0 Å². The van der Waals surface area contributed by atoms with Crippen LogP contribution in [0.4, 0.5) is 26.3 Å². The number of pyridine rings is 1. The van der Waals surface area contributed by atoms with Gasteiger partial charge in [0.2, 0.25) is 5.54 Å². The van der Waals surface area contributed by atoms with Gasteiger partial charge < -0.3 is 24.1 Å². The monoisotopic (exact) mass is 464 g/mol. The molecule has 1 aliphatic heterocycles. The van der Waals surface area contributed by atoms with E-state index in [0.29, 0.717) is 12.3 Å². The van der Waals surface area contributed by atoms with Gasteiger partial charge in [-0.1, -0.05) is 0 Å². The topological polar surface area (TPSA) is 105 Å². The van der Waals surface area contributed by atoms with E-state index in [0.717, 1.165) is 25.3 Å². The molecule has 1 aromatic heterocycles. The number of hydrogen-bond acceptors (Lipinski definition) is 8. The van der Waals surface area contributed by atoms with Crippen LogP contribution < -0.4 is 19.3 Å². The molecule has 8 nitrogen and oxygen atoms in total. The van der Waals surface area contributed by atoms with Gasteiger partial charge in [0.1, 0.15) is 11.5 Å². The van der Waals surface area contributed by atoms with Gasteiger partial charge in [-0.2, -0.15) is 23.4 Å². The summed E-state index contributed by atoms with van der Waals surface area (Å²) in [7, 11) is 1.08. The number of carboxylic acid groups (broad SMARTS) is 1. The van der Waals surface area contributed by atoms with Crippen molar-refractivity contribution < 1.29 is 50.5 Å². The van der Waals surface area contributed by atoms with E-state index in [4.69, 9.17) is 9.47 Å². The van der Waals surface area contributed by atoms with Gasteiger partial charge in [-0.15, -0.1) is 13.2 Å². The number of methoxy groups -OCH3 is 1. The Hall–Kier alpha value is -3.58. The lowest BCUT2D eigenvalue weighted by Crippen LogP contribution is -2.40. The number of carbonyl (C=O) groups is 1. The number of benzene rings is 1. The number of ether oxygens (including phenoxy) is 3. The maximum Gasteiger partial charge on any atom is 0.573 e. The first-order valence-electron chi connectivity index (χ1n) is 8.65. The molecular weight excluding hydrogens is 452 g/mol. The highest BCUT2D eigenvalue weighted by molar-refractivity contribution is 5.89. The summed E-state index contributed by atoms with van der Waals surface area (Å²) in [5.41, 5.74) is -4.19. The van der Waals surface area contributed by atoms with Crippen molar-refractivity contribution in [1.29, 1.82) is 0 Å². The zero-order valence-corrected chi connectivity index (χ0v) is 16.0. The van der Waals surface area contributed by atoms with E-state index in [9.17, 15) is 36.2 Å². The van der Waals surface area contributed by atoms with Crippen molar-refractivity contribution in [2.24, 2.45) is 10.2 Å². The minimum Gasteiger partial charge on any atom is -0.545 e. The number of rotatable bonds is 6. The fraction of sp³-hybridized carbons (Fsp3) is 0.333. The molecule has 1 unspecified atom stereocenters. The number of azo groups is 1. The van der Waals surface area contributed by atoms with Gasteiger partial charge in [0.05, 0.1) is 30.9 Å². The van der Waals surface area contributed by atoms with Gasteiger partial charge in [0, 0.05) is 24.8 Å². The normalized spacial score (nSPS) is 18.5. The van der Waals surface area contributed by atoms with Crippen LogP contribution in [-0.4, -0.2) is 37.1 Å². The predicted octanol–water partition coefficient (Wildman–Crippen LogP) is 3.76. The molecule has 0 spiro atoms. The van der Waals surface area contributed by atoms with Gasteiger partial charge in [-0.05, 0) is 12.1 Å². The van der Waals surface area contributed by atoms with Crippen molar-refractivity contribution in [2.75, 3.05) is 13.7 Å².